The second-order valence-corrected chi connectivity index (χ2v) is 15.4. The highest BCUT2D eigenvalue weighted by Crippen LogP contribution is 2.44. The minimum Gasteiger partial charge on any atom is -0.543 e. The molecule has 5 nitrogen and oxygen atoms in total. The van der Waals surface area contributed by atoms with E-state index in [0.29, 0.717) is 39.2 Å². The molecule has 0 saturated heterocycles. The van der Waals surface area contributed by atoms with Gasteiger partial charge in [0.2, 0.25) is 0 Å². The minimum absolute atomic E-state index is 0.212. The molecule has 6 heteroatoms. The van der Waals surface area contributed by atoms with Crippen molar-refractivity contribution in [2.45, 2.75) is 58.2 Å². The van der Waals surface area contributed by atoms with Gasteiger partial charge in [0, 0.05) is 16.8 Å². The molecule has 0 aliphatic carbocycles. The van der Waals surface area contributed by atoms with Crippen molar-refractivity contribution in [1.82, 2.24) is 0 Å². The lowest BCUT2D eigenvalue weighted by Gasteiger charge is -2.42. The maximum Gasteiger partial charge on any atom is 0.258 e. The third-order valence-corrected chi connectivity index (χ3v) is 12.9. The van der Waals surface area contributed by atoms with Crippen LogP contribution in [0.1, 0.15) is 57.5 Å². The molecule has 0 spiro atoms. The molecule has 188 valence electrons. The van der Waals surface area contributed by atoms with E-state index in [1.807, 2.05) is 30.3 Å². The van der Waals surface area contributed by atoms with Crippen LogP contribution in [0, 0.1) is 11.3 Å². The zero-order valence-electron chi connectivity index (χ0n) is 22.3. The number of hydrogen-bond acceptors (Lipinski definition) is 4. The molecule has 1 amide bonds. The molecule has 0 unspecified atom stereocenters. The molecular weight excluding hydrogens is 464 g/mol. The summed E-state index contributed by atoms with van der Waals surface area (Å²) in [5.74, 6) is 1.29. The summed E-state index contributed by atoms with van der Waals surface area (Å²) in [5.41, 5.74) is 4.85. The Hall–Kier alpha value is -3.56. The molecule has 0 aliphatic heterocycles. The molecule has 0 aromatic heterocycles. The van der Waals surface area contributed by atoms with Crippen LogP contribution in [0.3, 0.4) is 0 Å². The van der Waals surface area contributed by atoms with Crippen molar-refractivity contribution in [3.63, 3.8) is 0 Å². The molecule has 3 aromatic carbocycles. The zero-order valence-corrected chi connectivity index (χ0v) is 23.3. The molecule has 0 fully saturated rings. The molecule has 3 aromatic rings. The van der Waals surface area contributed by atoms with Gasteiger partial charge in [-0.2, -0.15) is 5.26 Å². The van der Waals surface area contributed by atoms with Gasteiger partial charge in [0.25, 0.3) is 14.2 Å². The molecule has 0 radical (unpaired) electrons. The summed E-state index contributed by atoms with van der Waals surface area (Å²) in [5, 5.41) is 12.3. The highest BCUT2D eigenvalue weighted by Gasteiger charge is 2.47. The predicted molar refractivity (Wildman–Crippen MR) is 149 cm³/mol. The number of rotatable bonds is 9. The molecule has 0 atom stereocenters. The molecule has 1 N–H and O–H groups in total. The van der Waals surface area contributed by atoms with E-state index in [1.54, 1.807) is 43.5 Å². The number of hydrogen-bond donors (Lipinski definition) is 1. The number of methoxy groups -OCH3 is 1. The smallest absolute Gasteiger partial charge is 0.258 e. The van der Waals surface area contributed by atoms with Gasteiger partial charge in [-0.15, -0.1) is 0 Å². The normalized spacial score (nSPS) is 11.5. The number of anilines is 1. The van der Waals surface area contributed by atoms with E-state index in [2.05, 4.69) is 52.9 Å². The fourth-order valence-corrected chi connectivity index (χ4v) is 10.4. The van der Waals surface area contributed by atoms with E-state index in [1.165, 1.54) is 0 Å². The van der Waals surface area contributed by atoms with Gasteiger partial charge in [-0.25, -0.2) is 0 Å². The maximum atomic E-state index is 13.1. The maximum absolute atomic E-state index is 13.1. The number of nitriles is 1. The summed E-state index contributed by atoms with van der Waals surface area (Å²) in [7, 11) is -0.565. The SMILES string of the molecule is COc1ccc(C(=O)Nc2ccc(O[Si](C(C)C)(C(C)C)C(C)C)cc2-c2ccc(C#N)cc2)cc1. The summed E-state index contributed by atoms with van der Waals surface area (Å²) >= 11 is 0. The van der Waals surface area contributed by atoms with Crippen molar-refractivity contribution in [2.24, 2.45) is 0 Å². The lowest BCUT2D eigenvalue weighted by molar-refractivity contribution is 0.102. The number of ether oxygens (including phenoxy) is 1. The molecule has 0 heterocycles. The number of benzene rings is 3. The van der Waals surface area contributed by atoms with Crippen molar-refractivity contribution in [3.05, 3.63) is 77.9 Å². The van der Waals surface area contributed by atoms with Crippen LogP contribution in [-0.4, -0.2) is 21.3 Å². The van der Waals surface area contributed by atoms with Crippen LogP contribution in [0.15, 0.2) is 66.7 Å². The standard InChI is InChI=1S/C30H36N2O3Si/c1-20(2)36(21(3)4,22(5)6)35-27-16-17-29(28(18-27)24-10-8-23(19-31)9-11-24)32-30(33)25-12-14-26(34-7)15-13-25/h8-18,20-22H,1-7H3,(H,32,33). The topological polar surface area (TPSA) is 71.3 Å². The fourth-order valence-electron chi connectivity index (χ4n) is 5.15. The van der Waals surface area contributed by atoms with Crippen molar-refractivity contribution in [3.8, 4) is 28.7 Å². The number of amides is 1. The van der Waals surface area contributed by atoms with E-state index in [4.69, 9.17) is 9.16 Å². The Bertz CT molecular complexity index is 1200. The first-order chi connectivity index (χ1) is 17.1. The van der Waals surface area contributed by atoms with E-state index < -0.39 is 8.32 Å². The lowest BCUT2D eigenvalue weighted by Crippen LogP contribution is -2.50. The fraction of sp³-hybridized carbons (Fsp3) is 0.333. The van der Waals surface area contributed by atoms with Crippen LogP contribution < -0.4 is 14.5 Å². The predicted octanol–water partition coefficient (Wildman–Crippen LogP) is 8.04. The van der Waals surface area contributed by atoms with Crippen molar-refractivity contribution in [1.29, 1.82) is 5.26 Å². The highest BCUT2D eigenvalue weighted by molar-refractivity contribution is 6.78. The largest absolute Gasteiger partial charge is 0.543 e. The number of carbonyl (C=O) groups is 1. The van der Waals surface area contributed by atoms with Gasteiger partial charge in [0.1, 0.15) is 11.5 Å². The van der Waals surface area contributed by atoms with Crippen LogP contribution >= 0.6 is 0 Å². The van der Waals surface area contributed by atoms with Gasteiger partial charge in [-0.1, -0.05) is 53.7 Å². The summed E-state index contributed by atoms with van der Waals surface area (Å²) < 4.78 is 12.1. The Labute approximate surface area is 216 Å². The van der Waals surface area contributed by atoms with Gasteiger partial charge in [0.15, 0.2) is 0 Å². The van der Waals surface area contributed by atoms with E-state index in [0.717, 1.165) is 16.9 Å². The first kappa shape index (κ1) is 27.0. The molecule has 0 saturated carbocycles. The Kier molecular flexibility index (Phi) is 8.60. The number of nitrogens with one attached hydrogen (secondary N) is 1. The monoisotopic (exact) mass is 500 g/mol. The third-order valence-electron chi connectivity index (χ3n) is 6.92. The van der Waals surface area contributed by atoms with Gasteiger partial charge in [-0.3, -0.25) is 4.79 Å². The van der Waals surface area contributed by atoms with Crippen LogP contribution in [-0.2, 0) is 0 Å². The Balaban J connectivity index is 2.05. The number of nitrogens with zero attached hydrogens (tertiary/aromatic N) is 1. The molecule has 0 aliphatic rings. The second-order valence-electron chi connectivity index (χ2n) is 10.00. The Morgan fingerprint density at radius 2 is 1.39 bits per heavy atom. The van der Waals surface area contributed by atoms with Crippen LogP contribution in [0.2, 0.25) is 16.6 Å². The molecule has 3 rings (SSSR count). The van der Waals surface area contributed by atoms with Crippen molar-refractivity contribution < 1.29 is 14.0 Å². The average Bonchev–Trinajstić information content (AvgIpc) is 2.87. The van der Waals surface area contributed by atoms with Gasteiger partial charge in [-0.05, 0) is 76.8 Å². The molecular formula is C30H36N2O3Si. The van der Waals surface area contributed by atoms with E-state index >= 15 is 0 Å². The second kappa shape index (κ2) is 11.4. The molecule has 36 heavy (non-hydrogen) atoms. The first-order valence-electron chi connectivity index (χ1n) is 12.4. The van der Waals surface area contributed by atoms with Crippen LogP contribution in [0.25, 0.3) is 11.1 Å². The van der Waals surface area contributed by atoms with E-state index in [9.17, 15) is 10.1 Å². The summed E-state index contributed by atoms with van der Waals surface area (Å²) in [6.07, 6.45) is 0. The first-order valence-corrected chi connectivity index (χ1v) is 14.5. The summed E-state index contributed by atoms with van der Waals surface area (Å²) in [4.78, 5) is 13.1. The van der Waals surface area contributed by atoms with Crippen LogP contribution in [0.4, 0.5) is 5.69 Å². The van der Waals surface area contributed by atoms with Crippen molar-refractivity contribution in [2.75, 3.05) is 12.4 Å². The lowest BCUT2D eigenvalue weighted by atomic mass is 10.0. The van der Waals surface area contributed by atoms with Gasteiger partial charge in [0.05, 0.1) is 18.7 Å². The summed E-state index contributed by atoms with van der Waals surface area (Å²) in [6.45, 7) is 13.6. The third kappa shape index (κ3) is 5.63. The summed E-state index contributed by atoms with van der Waals surface area (Å²) in [6, 6.07) is 22.4. The average molecular weight is 501 g/mol. The molecule has 0 bridgehead atoms. The Morgan fingerprint density at radius 1 is 0.833 bits per heavy atom. The quantitative estimate of drug-likeness (QED) is 0.302. The highest BCUT2D eigenvalue weighted by atomic mass is 28.4. The van der Waals surface area contributed by atoms with Crippen LogP contribution in [0.5, 0.6) is 11.5 Å². The van der Waals surface area contributed by atoms with E-state index in [-0.39, 0.29) is 5.91 Å². The Morgan fingerprint density at radius 3 is 1.89 bits per heavy atom. The number of carbonyl (C=O) groups excluding carboxylic acids is 1. The zero-order chi connectivity index (χ0) is 26.5. The van der Waals surface area contributed by atoms with Gasteiger partial charge < -0.3 is 14.5 Å². The minimum atomic E-state index is -2.16. The van der Waals surface area contributed by atoms with Crippen molar-refractivity contribution >= 4 is 19.9 Å². The van der Waals surface area contributed by atoms with Gasteiger partial charge >= 0.3 is 0 Å².